The minimum Gasteiger partial charge on any atom is -0.423 e. The Balaban J connectivity index is 1.51. The van der Waals surface area contributed by atoms with Crippen LogP contribution in [-0.2, 0) is 6.54 Å². The number of carbonyl (C=O) groups excluding carboxylic acids is 2. The van der Waals surface area contributed by atoms with Crippen LogP contribution < -0.4 is 9.47 Å². The van der Waals surface area contributed by atoms with Crippen molar-refractivity contribution >= 4 is 34.9 Å². The number of unbranched alkanes of at least 4 members (excludes halogenated alkanes) is 10. The van der Waals surface area contributed by atoms with Crippen molar-refractivity contribution in [1.82, 2.24) is 4.90 Å². The lowest BCUT2D eigenvalue weighted by atomic mass is 10.1. The fraction of sp³-hybridized carbons (Fsp3) is 0.409. The zero-order chi connectivity index (χ0) is 37.0. The molecule has 0 spiro atoms. The minimum atomic E-state index is -0.448. The predicted octanol–water partition coefficient (Wildman–Crippen LogP) is 13.0. The molecule has 0 aliphatic carbocycles. The van der Waals surface area contributed by atoms with Crippen molar-refractivity contribution in [1.29, 1.82) is 0 Å². The first-order valence-electron chi connectivity index (χ1n) is 19.0. The normalized spacial score (nSPS) is 11.3. The second-order valence-electron chi connectivity index (χ2n) is 13.4. The van der Waals surface area contributed by atoms with E-state index in [1.54, 1.807) is 66.7 Å². The van der Waals surface area contributed by atoms with E-state index in [2.05, 4.69) is 29.0 Å². The van der Waals surface area contributed by atoms with Crippen molar-refractivity contribution in [3.05, 3.63) is 118 Å². The van der Waals surface area contributed by atoms with Crippen molar-refractivity contribution in [3.63, 3.8) is 0 Å². The number of halogens is 1. The first-order valence-corrected chi connectivity index (χ1v) is 19.4. The molecule has 0 amide bonds. The molecule has 4 rings (SSSR count). The summed E-state index contributed by atoms with van der Waals surface area (Å²) in [5.74, 6) is 0.0170. The Bertz CT molecular complexity index is 1670. The van der Waals surface area contributed by atoms with Crippen LogP contribution in [0.4, 0.5) is 11.4 Å². The van der Waals surface area contributed by atoms with Crippen LogP contribution in [0, 0.1) is 6.92 Å². The van der Waals surface area contributed by atoms with Gasteiger partial charge >= 0.3 is 11.9 Å². The molecule has 0 unspecified atom stereocenters. The molecule has 0 bridgehead atoms. The van der Waals surface area contributed by atoms with Crippen LogP contribution in [0.2, 0.25) is 5.02 Å². The maximum atomic E-state index is 13.0. The van der Waals surface area contributed by atoms with E-state index in [1.807, 2.05) is 31.2 Å². The first kappa shape index (κ1) is 40.4. The molecule has 0 aromatic heterocycles. The molecule has 8 heteroatoms. The largest absolute Gasteiger partial charge is 0.423 e. The topological polar surface area (TPSA) is 80.6 Å². The maximum Gasteiger partial charge on any atom is 0.343 e. The van der Waals surface area contributed by atoms with Crippen LogP contribution in [0.3, 0.4) is 0 Å². The van der Waals surface area contributed by atoms with Gasteiger partial charge in [0.1, 0.15) is 11.5 Å². The number of rotatable bonds is 22. The number of nitrogens with zero attached hydrogens (tertiary/aromatic N) is 3. The summed E-state index contributed by atoms with van der Waals surface area (Å²) >= 11 is 6.03. The van der Waals surface area contributed by atoms with Crippen LogP contribution in [0.15, 0.2) is 101 Å². The quantitative estimate of drug-likeness (QED) is 0.0349. The molecular formula is C44H54ClN3O4. The van der Waals surface area contributed by atoms with Crippen LogP contribution in [0.1, 0.15) is 123 Å². The summed E-state index contributed by atoms with van der Waals surface area (Å²) in [6, 6.07) is 26.4. The minimum absolute atomic E-state index is 0.414. The number of aryl methyl sites for hydroxylation is 1. The lowest BCUT2D eigenvalue weighted by Gasteiger charge is -2.23. The molecular weight excluding hydrogens is 670 g/mol. The summed E-state index contributed by atoms with van der Waals surface area (Å²) < 4.78 is 11.4. The monoisotopic (exact) mass is 723 g/mol. The lowest BCUT2D eigenvalue weighted by molar-refractivity contribution is 0.0725. The van der Waals surface area contributed by atoms with Gasteiger partial charge in [-0.1, -0.05) is 107 Å². The molecule has 7 nitrogen and oxygen atoms in total. The van der Waals surface area contributed by atoms with E-state index in [-0.39, 0.29) is 0 Å². The summed E-state index contributed by atoms with van der Waals surface area (Å²) in [6.07, 6.45) is 14.9. The van der Waals surface area contributed by atoms with Crippen LogP contribution in [-0.4, -0.2) is 29.9 Å². The van der Waals surface area contributed by atoms with Gasteiger partial charge in [0.25, 0.3) is 0 Å². The zero-order valence-corrected chi connectivity index (χ0v) is 31.9. The van der Waals surface area contributed by atoms with Gasteiger partial charge in [-0.15, -0.1) is 0 Å². The van der Waals surface area contributed by atoms with Crippen molar-refractivity contribution in [2.24, 2.45) is 10.2 Å². The Morgan fingerprint density at radius 2 is 1.10 bits per heavy atom. The number of hydrogen-bond donors (Lipinski definition) is 0. The molecule has 0 saturated heterocycles. The van der Waals surface area contributed by atoms with Crippen LogP contribution in [0.5, 0.6) is 11.5 Å². The van der Waals surface area contributed by atoms with Gasteiger partial charge in [-0.25, -0.2) is 9.59 Å². The number of benzene rings is 4. The molecule has 0 atom stereocenters. The summed E-state index contributed by atoms with van der Waals surface area (Å²) in [5.41, 5.74) is 4.26. The molecule has 0 fully saturated rings. The summed E-state index contributed by atoms with van der Waals surface area (Å²) in [6.45, 7) is 9.12. The first-order chi connectivity index (χ1) is 25.3. The van der Waals surface area contributed by atoms with Gasteiger partial charge in [-0.05, 0) is 117 Å². The SMILES string of the molecule is CCCCCCCCN(CCCCCCCC)Cc1cc(OC(=O)c2ccc(Cl)cc2)ccc1N=Nc1ccc(OC(=O)c2ccc(C)cc2)cc1. The number of azo groups is 1. The number of esters is 2. The van der Waals surface area contributed by atoms with Gasteiger partial charge < -0.3 is 9.47 Å². The molecule has 4 aromatic carbocycles. The molecule has 0 aliphatic rings. The predicted molar refractivity (Wildman–Crippen MR) is 212 cm³/mol. The average molecular weight is 724 g/mol. The van der Waals surface area contributed by atoms with Crippen molar-refractivity contribution < 1.29 is 19.1 Å². The fourth-order valence-corrected chi connectivity index (χ4v) is 6.02. The van der Waals surface area contributed by atoms with Crippen molar-refractivity contribution in [3.8, 4) is 11.5 Å². The molecule has 276 valence electrons. The van der Waals surface area contributed by atoms with Crippen molar-refractivity contribution in [2.75, 3.05) is 13.1 Å². The third kappa shape index (κ3) is 14.4. The maximum absolute atomic E-state index is 13.0. The molecule has 0 heterocycles. The molecule has 4 aromatic rings. The molecule has 0 aliphatic heterocycles. The Hall–Kier alpha value is -4.33. The van der Waals surface area contributed by atoms with Crippen molar-refractivity contribution in [2.45, 2.75) is 104 Å². The van der Waals surface area contributed by atoms with Crippen LogP contribution in [0.25, 0.3) is 0 Å². The average Bonchev–Trinajstić information content (AvgIpc) is 3.15. The van der Waals surface area contributed by atoms with Gasteiger partial charge in [0.15, 0.2) is 0 Å². The lowest BCUT2D eigenvalue weighted by Crippen LogP contribution is -2.26. The molecule has 0 N–H and O–H groups in total. The highest BCUT2D eigenvalue weighted by Gasteiger charge is 2.15. The Kier molecular flexibility index (Phi) is 17.6. The molecule has 0 saturated carbocycles. The Morgan fingerprint density at radius 3 is 1.67 bits per heavy atom. The van der Waals surface area contributed by atoms with E-state index in [0.717, 1.165) is 37.1 Å². The third-order valence-corrected chi connectivity index (χ3v) is 9.25. The van der Waals surface area contributed by atoms with Gasteiger partial charge in [0.2, 0.25) is 0 Å². The second-order valence-corrected chi connectivity index (χ2v) is 13.9. The van der Waals surface area contributed by atoms with Gasteiger partial charge in [0.05, 0.1) is 22.5 Å². The summed E-state index contributed by atoms with van der Waals surface area (Å²) in [7, 11) is 0. The van der Waals surface area contributed by atoms with Crippen LogP contribution >= 0.6 is 11.6 Å². The fourth-order valence-electron chi connectivity index (χ4n) is 5.89. The van der Waals surface area contributed by atoms with E-state index in [1.165, 1.54) is 64.2 Å². The summed E-state index contributed by atoms with van der Waals surface area (Å²) in [5, 5.41) is 9.75. The van der Waals surface area contributed by atoms with Gasteiger partial charge in [0, 0.05) is 11.6 Å². The number of hydrogen-bond acceptors (Lipinski definition) is 7. The Morgan fingerprint density at radius 1 is 0.596 bits per heavy atom. The van der Waals surface area contributed by atoms with E-state index >= 15 is 0 Å². The van der Waals surface area contributed by atoms with E-state index < -0.39 is 11.9 Å². The number of ether oxygens (including phenoxy) is 2. The second kappa shape index (κ2) is 22.6. The zero-order valence-electron chi connectivity index (χ0n) is 31.1. The highest BCUT2D eigenvalue weighted by atomic mass is 35.5. The van der Waals surface area contributed by atoms with E-state index in [0.29, 0.717) is 45.6 Å². The number of carbonyl (C=O) groups is 2. The third-order valence-electron chi connectivity index (χ3n) is 9.00. The van der Waals surface area contributed by atoms with Gasteiger partial charge in [-0.3, -0.25) is 4.90 Å². The summed E-state index contributed by atoms with van der Waals surface area (Å²) in [4.78, 5) is 28.1. The smallest absolute Gasteiger partial charge is 0.343 e. The van der Waals surface area contributed by atoms with Gasteiger partial charge in [-0.2, -0.15) is 10.2 Å². The molecule has 52 heavy (non-hydrogen) atoms. The van der Waals surface area contributed by atoms with E-state index in [4.69, 9.17) is 21.1 Å². The highest BCUT2D eigenvalue weighted by molar-refractivity contribution is 6.30. The molecule has 0 radical (unpaired) electrons. The van der Waals surface area contributed by atoms with E-state index in [9.17, 15) is 9.59 Å². The highest BCUT2D eigenvalue weighted by Crippen LogP contribution is 2.30. The standard InChI is InChI=1S/C44H54ClN3O4/c1-4-6-8-10-12-14-30-48(31-15-13-11-9-7-5-2)33-37-32-41(52-44(50)36-20-22-38(45)23-21-36)28-29-42(37)47-46-39-24-26-40(27-25-39)51-43(49)35-18-16-34(3)17-19-35/h16-29,32H,4-15,30-31,33H2,1-3H3. The Labute approximate surface area is 315 Å².